The Morgan fingerprint density at radius 2 is 1.93 bits per heavy atom. The number of esters is 1. The number of carbonyl (C=O) groups excluding carboxylic acids is 1. The summed E-state index contributed by atoms with van der Waals surface area (Å²) in [4.78, 5) is 29.5. The van der Waals surface area contributed by atoms with Crippen LogP contribution < -0.4 is 4.98 Å². The van der Waals surface area contributed by atoms with Gasteiger partial charge in [-0.1, -0.05) is 32.0 Å². The van der Waals surface area contributed by atoms with Gasteiger partial charge in [0.15, 0.2) is 10.9 Å². The minimum atomic E-state index is -0.379. The molecule has 0 atom stereocenters. The van der Waals surface area contributed by atoms with Gasteiger partial charge in [0, 0.05) is 0 Å². The van der Waals surface area contributed by atoms with E-state index in [2.05, 4.69) is 20.3 Å². The molecule has 0 unspecified atom stereocenters. The molecule has 1 N–H and O–H groups in total. The van der Waals surface area contributed by atoms with E-state index < -0.39 is 0 Å². The molecule has 0 aliphatic rings. The molecule has 9 nitrogen and oxygen atoms in total. The van der Waals surface area contributed by atoms with Gasteiger partial charge in [0.2, 0.25) is 0 Å². The maximum atomic E-state index is 11.8. The maximum absolute atomic E-state index is 11.8. The number of rotatable bonds is 9. The van der Waals surface area contributed by atoms with Gasteiger partial charge in [0.1, 0.15) is 12.3 Å². The summed E-state index contributed by atoms with van der Waals surface area (Å²) in [6, 6.07) is 10.4. The largest absolute Gasteiger partial charge is 0.460 e. The van der Waals surface area contributed by atoms with Crippen LogP contribution in [0.5, 0.6) is 0 Å². The first-order chi connectivity index (χ1) is 14.7. The van der Waals surface area contributed by atoms with Crippen molar-refractivity contribution >= 4 is 11.7 Å². The zero-order chi connectivity index (χ0) is 21.8. The first kappa shape index (κ1) is 22.8. The number of aryl methyl sites for hydroxylation is 1. The summed E-state index contributed by atoms with van der Waals surface area (Å²) >= 11 is 0. The monoisotopic (exact) mass is 413 g/mol. The van der Waals surface area contributed by atoms with E-state index in [1.54, 1.807) is 37.3 Å². The number of aromatic nitrogens is 3. The van der Waals surface area contributed by atoms with Crippen LogP contribution >= 0.6 is 0 Å². The Bertz CT molecular complexity index is 944. The zero-order valence-corrected chi connectivity index (χ0v) is 17.3. The van der Waals surface area contributed by atoms with Crippen molar-refractivity contribution < 1.29 is 23.8 Å². The highest BCUT2D eigenvalue weighted by Crippen LogP contribution is 2.20. The molecule has 0 saturated heterocycles. The molecule has 0 saturated carbocycles. The van der Waals surface area contributed by atoms with Crippen LogP contribution in [0.4, 0.5) is 5.69 Å². The molecule has 0 fully saturated rings. The number of benzene rings is 1. The molecule has 30 heavy (non-hydrogen) atoms. The van der Waals surface area contributed by atoms with Crippen LogP contribution in [-0.4, -0.2) is 35.9 Å². The molecule has 0 spiro atoms. The summed E-state index contributed by atoms with van der Waals surface area (Å²) in [5.41, 5.74) is 2.10. The van der Waals surface area contributed by atoms with Gasteiger partial charge >= 0.3 is 17.7 Å². The predicted octanol–water partition coefficient (Wildman–Crippen LogP) is 3.70. The molecule has 1 aromatic carbocycles. The summed E-state index contributed by atoms with van der Waals surface area (Å²) < 4.78 is 15.8. The van der Waals surface area contributed by atoms with Crippen molar-refractivity contribution in [2.24, 2.45) is 5.18 Å². The third-order valence-corrected chi connectivity index (χ3v) is 3.84. The standard InChI is InChI=1S/C19H18N4O5.C2H6/c1-13-11-15(22-25)12-20-17(13)18-21-16(28-23-18)7-8-26-9-10-27-19(24)14-5-3-2-4-6-14;1-2/h2-6,11-12H,7-10H2,1H3;1-2H3/p+1. The van der Waals surface area contributed by atoms with Gasteiger partial charge in [0.05, 0.1) is 31.4 Å². The van der Waals surface area contributed by atoms with Gasteiger partial charge in [-0.05, 0) is 35.9 Å². The quantitative estimate of drug-likeness (QED) is 0.298. The lowest BCUT2D eigenvalue weighted by Crippen LogP contribution is -2.15. The van der Waals surface area contributed by atoms with Crippen molar-refractivity contribution in [1.82, 2.24) is 10.1 Å². The predicted molar refractivity (Wildman–Crippen MR) is 109 cm³/mol. The number of carbonyl (C=O) groups is 1. The van der Waals surface area contributed by atoms with Crippen molar-refractivity contribution in [3.63, 3.8) is 0 Å². The normalized spacial score (nSPS) is 10.1. The molecule has 0 aliphatic carbocycles. The Labute approximate surface area is 174 Å². The molecular formula is C21H25N4O5+. The second-order valence-electron chi connectivity index (χ2n) is 5.89. The number of pyridine rings is 1. The van der Waals surface area contributed by atoms with Crippen LogP contribution in [0.15, 0.2) is 52.3 Å². The topological polar surface area (TPSA) is 118 Å². The van der Waals surface area contributed by atoms with Crippen molar-refractivity contribution in [2.45, 2.75) is 27.2 Å². The lowest BCUT2D eigenvalue weighted by atomic mass is 10.2. The lowest BCUT2D eigenvalue weighted by Gasteiger charge is -2.04. The minimum Gasteiger partial charge on any atom is -0.460 e. The number of aromatic amines is 1. The number of nitrogens with zero attached hydrogens (tertiary/aromatic N) is 3. The summed E-state index contributed by atoms with van der Waals surface area (Å²) in [6.07, 6.45) is 1.84. The number of H-pyrrole nitrogens is 1. The fraction of sp³-hybridized carbons (Fsp3) is 0.333. The highest BCUT2D eigenvalue weighted by Gasteiger charge is 2.20. The van der Waals surface area contributed by atoms with E-state index in [0.717, 1.165) is 5.56 Å². The molecule has 158 valence electrons. The maximum Gasteiger partial charge on any atom is 0.396 e. The number of ether oxygens (including phenoxy) is 2. The van der Waals surface area contributed by atoms with Crippen LogP contribution in [0.3, 0.4) is 0 Å². The van der Waals surface area contributed by atoms with E-state index in [1.807, 2.05) is 19.9 Å². The number of nitroso groups, excluding NO2 is 1. The Hall–Kier alpha value is -3.46. The van der Waals surface area contributed by atoms with Crippen LogP contribution in [0.25, 0.3) is 11.5 Å². The number of nitrogens with one attached hydrogen (secondary N) is 1. The van der Waals surface area contributed by atoms with Crippen molar-refractivity contribution in [2.75, 3.05) is 19.8 Å². The third-order valence-electron chi connectivity index (χ3n) is 3.84. The van der Waals surface area contributed by atoms with Gasteiger partial charge < -0.3 is 9.47 Å². The summed E-state index contributed by atoms with van der Waals surface area (Å²) in [5.74, 6) is 0.605. The average Bonchev–Trinajstić information content (AvgIpc) is 3.26. The fourth-order valence-corrected chi connectivity index (χ4v) is 2.46. The molecule has 3 rings (SSSR count). The van der Waals surface area contributed by atoms with Crippen molar-refractivity contribution in [3.8, 4) is 11.5 Å². The summed E-state index contributed by atoms with van der Waals surface area (Å²) in [5, 5.41) is 6.80. The molecule has 0 aliphatic heterocycles. The van der Waals surface area contributed by atoms with E-state index in [9.17, 15) is 9.70 Å². The SMILES string of the molecule is CC.Cc1cc(N=O)cnc1-c1noc(CCOCCOC(=O)c2ccccc2)[nH+]1. The van der Waals surface area contributed by atoms with Crippen LogP contribution in [0, 0.1) is 11.8 Å². The van der Waals surface area contributed by atoms with Gasteiger partial charge in [-0.2, -0.15) is 0 Å². The second-order valence-corrected chi connectivity index (χ2v) is 5.89. The molecule has 0 radical (unpaired) electrons. The van der Waals surface area contributed by atoms with E-state index in [4.69, 9.17) is 14.0 Å². The second kappa shape index (κ2) is 12.2. The summed E-state index contributed by atoms with van der Waals surface area (Å²) in [7, 11) is 0. The number of hydrogen-bond donors (Lipinski definition) is 0. The van der Waals surface area contributed by atoms with E-state index >= 15 is 0 Å². The van der Waals surface area contributed by atoms with Crippen molar-refractivity contribution in [3.05, 3.63) is 64.5 Å². The highest BCUT2D eigenvalue weighted by atomic mass is 16.6. The first-order valence-electron chi connectivity index (χ1n) is 9.65. The first-order valence-corrected chi connectivity index (χ1v) is 9.65. The van der Waals surface area contributed by atoms with Crippen molar-refractivity contribution in [1.29, 1.82) is 0 Å². The molecule has 2 aromatic heterocycles. The van der Waals surface area contributed by atoms with Gasteiger partial charge in [-0.15, -0.1) is 4.91 Å². The van der Waals surface area contributed by atoms with E-state index in [-0.39, 0.29) is 24.9 Å². The van der Waals surface area contributed by atoms with Gasteiger partial charge in [0.25, 0.3) is 0 Å². The van der Waals surface area contributed by atoms with E-state index in [1.165, 1.54) is 6.20 Å². The van der Waals surface area contributed by atoms with Crippen LogP contribution in [0.1, 0.15) is 35.7 Å². The zero-order valence-electron chi connectivity index (χ0n) is 17.3. The van der Waals surface area contributed by atoms with Gasteiger partial charge in [-0.25, -0.2) is 19.3 Å². The Balaban J connectivity index is 0.00000155. The Kier molecular flexibility index (Phi) is 9.26. The third kappa shape index (κ3) is 6.56. The minimum absolute atomic E-state index is 0.166. The highest BCUT2D eigenvalue weighted by molar-refractivity contribution is 5.89. The van der Waals surface area contributed by atoms with Crippen LogP contribution in [-0.2, 0) is 15.9 Å². The fourth-order valence-electron chi connectivity index (χ4n) is 2.46. The number of hydrogen-bond acceptors (Lipinski definition) is 8. The molecular weight excluding hydrogens is 388 g/mol. The average molecular weight is 413 g/mol. The lowest BCUT2D eigenvalue weighted by molar-refractivity contribution is -0.386. The van der Waals surface area contributed by atoms with E-state index in [0.29, 0.717) is 36.0 Å². The molecule has 2 heterocycles. The Morgan fingerprint density at radius 3 is 2.63 bits per heavy atom. The molecule has 3 aromatic rings. The van der Waals surface area contributed by atoms with Gasteiger partial charge in [-0.3, -0.25) is 0 Å². The molecule has 0 bridgehead atoms. The molecule has 9 heteroatoms. The smallest absolute Gasteiger partial charge is 0.396 e. The van der Waals surface area contributed by atoms with Crippen LogP contribution in [0.2, 0.25) is 0 Å². The Morgan fingerprint density at radius 1 is 1.17 bits per heavy atom. The summed E-state index contributed by atoms with van der Waals surface area (Å²) in [6.45, 7) is 6.62. The molecule has 0 amide bonds.